The van der Waals surface area contributed by atoms with E-state index in [1.807, 2.05) is 6.92 Å². The van der Waals surface area contributed by atoms with E-state index < -0.39 is 6.10 Å². The third kappa shape index (κ3) is 5.74. The Kier molecular flexibility index (Phi) is 7.34. The van der Waals surface area contributed by atoms with Gasteiger partial charge in [0.2, 0.25) is 5.91 Å². The summed E-state index contributed by atoms with van der Waals surface area (Å²) in [5, 5.41) is 2.91. The molecule has 2 unspecified atom stereocenters. The summed E-state index contributed by atoms with van der Waals surface area (Å²) >= 11 is 0. The van der Waals surface area contributed by atoms with Crippen molar-refractivity contribution in [3.05, 3.63) is 0 Å². The number of hydrogen-bond acceptors (Lipinski definition) is 3. The van der Waals surface area contributed by atoms with Crippen molar-refractivity contribution >= 4 is 5.91 Å². The maximum atomic E-state index is 11.6. The van der Waals surface area contributed by atoms with Crippen molar-refractivity contribution in [2.45, 2.75) is 39.8 Å². The molecule has 0 rings (SSSR count). The highest BCUT2D eigenvalue weighted by Crippen LogP contribution is 2.03. The lowest BCUT2D eigenvalue weighted by molar-refractivity contribution is -0.131. The van der Waals surface area contributed by atoms with E-state index >= 15 is 0 Å². The van der Waals surface area contributed by atoms with Crippen LogP contribution in [0.3, 0.4) is 0 Å². The van der Waals surface area contributed by atoms with Crippen LogP contribution in [0.5, 0.6) is 0 Å². The molecular formula is C11H23NO3. The fourth-order valence-electron chi connectivity index (χ4n) is 1.05. The molecule has 0 radical (unpaired) electrons. The summed E-state index contributed by atoms with van der Waals surface area (Å²) in [6, 6.07) is 0.0510. The minimum atomic E-state index is -0.409. The van der Waals surface area contributed by atoms with E-state index in [0.717, 1.165) is 0 Å². The molecule has 0 aliphatic rings. The number of rotatable bonds is 7. The largest absolute Gasteiger partial charge is 0.380 e. The van der Waals surface area contributed by atoms with E-state index in [1.165, 1.54) is 7.11 Å². The first-order chi connectivity index (χ1) is 7.02. The van der Waals surface area contributed by atoms with Gasteiger partial charge < -0.3 is 14.8 Å². The number of ether oxygens (including phenoxy) is 2. The quantitative estimate of drug-likeness (QED) is 0.697. The highest BCUT2D eigenvalue weighted by atomic mass is 16.5. The molecule has 0 heterocycles. The van der Waals surface area contributed by atoms with E-state index in [2.05, 4.69) is 19.2 Å². The van der Waals surface area contributed by atoms with Gasteiger partial charge in [-0.25, -0.2) is 0 Å². The van der Waals surface area contributed by atoms with E-state index in [0.29, 0.717) is 19.1 Å². The lowest BCUT2D eigenvalue weighted by atomic mass is 10.1. The van der Waals surface area contributed by atoms with Crippen LogP contribution in [-0.4, -0.2) is 38.4 Å². The Labute approximate surface area is 92.3 Å². The van der Waals surface area contributed by atoms with Gasteiger partial charge in [0.15, 0.2) is 0 Å². The molecule has 2 atom stereocenters. The van der Waals surface area contributed by atoms with Crippen molar-refractivity contribution in [2.24, 2.45) is 5.92 Å². The van der Waals surface area contributed by atoms with Crippen molar-refractivity contribution in [3.8, 4) is 0 Å². The van der Waals surface area contributed by atoms with Gasteiger partial charge in [0, 0.05) is 13.7 Å². The Morgan fingerprint density at radius 2 is 1.93 bits per heavy atom. The second-order valence-electron chi connectivity index (χ2n) is 3.90. The monoisotopic (exact) mass is 217 g/mol. The summed E-state index contributed by atoms with van der Waals surface area (Å²) < 4.78 is 10.3. The molecule has 1 N–H and O–H groups in total. The minimum Gasteiger partial charge on any atom is -0.380 e. The molecule has 0 aromatic rings. The molecular weight excluding hydrogens is 194 g/mol. The van der Waals surface area contributed by atoms with Crippen LogP contribution < -0.4 is 5.32 Å². The first kappa shape index (κ1) is 14.4. The summed E-state index contributed by atoms with van der Waals surface area (Å²) in [6.07, 6.45) is -0.409. The average Bonchev–Trinajstić information content (AvgIpc) is 2.22. The van der Waals surface area contributed by atoms with Gasteiger partial charge in [-0.3, -0.25) is 4.79 Å². The maximum absolute atomic E-state index is 11.6. The van der Waals surface area contributed by atoms with Crippen LogP contribution in [0.25, 0.3) is 0 Å². The molecule has 0 fully saturated rings. The fraction of sp³-hybridized carbons (Fsp3) is 0.909. The van der Waals surface area contributed by atoms with Crippen molar-refractivity contribution in [1.82, 2.24) is 5.32 Å². The van der Waals surface area contributed by atoms with Gasteiger partial charge in [-0.15, -0.1) is 0 Å². The summed E-state index contributed by atoms with van der Waals surface area (Å²) in [6.45, 7) is 9.00. The topological polar surface area (TPSA) is 47.6 Å². The van der Waals surface area contributed by atoms with Gasteiger partial charge in [-0.1, -0.05) is 13.8 Å². The normalized spacial score (nSPS) is 15.1. The lowest BCUT2D eigenvalue weighted by Crippen LogP contribution is -2.46. The van der Waals surface area contributed by atoms with Crippen LogP contribution >= 0.6 is 0 Å². The zero-order valence-electron chi connectivity index (χ0n) is 10.4. The Morgan fingerprint density at radius 1 is 1.33 bits per heavy atom. The average molecular weight is 217 g/mol. The van der Waals surface area contributed by atoms with E-state index in [1.54, 1.807) is 6.92 Å². The van der Waals surface area contributed by atoms with Gasteiger partial charge in [0.1, 0.15) is 6.10 Å². The predicted octanol–water partition coefficient (Wildman–Crippen LogP) is 1.20. The SMILES string of the molecule is CCOCC(NC(=O)C(C)OC)C(C)C. The molecule has 0 aromatic carbocycles. The highest BCUT2D eigenvalue weighted by Gasteiger charge is 2.19. The molecule has 0 saturated carbocycles. The third-order valence-electron chi connectivity index (χ3n) is 2.36. The Bertz CT molecular complexity index is 183. The molecule has 4 heteroatoms. The Hall–Kier alpha value is -0.610. The number of amides is 1. The van der Waals surface area contributed by atoms with Gasteiger partial charge in [0.05, 0.1) is 12.6 Å². The van der Waals surface area contributed by atoms with Crippen molar-refractivity contribution in [3.63, 3.8) is 0 Å². The molecule has 0 aliphatic carbocycles. The molecule has 4 nitrogen and oxygen atoms in total. The summed E-state index contributed by atoms with van der Waals surface area (Å²) in [5.74, 6) is 0.264. The molecule has 0 aromatic heterocycles. The molecule has 1 amide bonds. The van der Waals surface area contributed by atoms with Gasteiger partial charge in [-0.05, 0) is 19.8 Å². The van der Waals surface area contributed by atoms with Crippen LogP contribution in [0.2, 0.25) is 0 Å². The number of hydrogen-bond donors (Lipinski definition) is 1. The molecule has 15 heavy (non-hydrogen) atoms. The second kappa shape index (κ2) is 7.65. The first-order valence-electron chi connectivity index (χ1n) is 5.43. The summed E-state index contributed by atoms with van der Waals surface area (Å²) in [7, 11) is 1.52. The standard InChI is InChI=1S/C11H23NO3/c1-6-15-7-10(8(2)3)12-11(13)9(4)14-5/h8-10H,6-7H2,1-5H3,(H,12,13). The Morgan fingerprint density at radius 3 is 2.33 bits per heavy atom. The van der Waals surface area contributed by atoms with E-state index in [-0.39, 0.29) is 11.9 Å². The number of carbonyl (C=O) groups is 1. The second-order valence-corrected chi connectivity index (χ2v) is 3.90. The third-order valence-corrected chi connectivity index (χ3v) is 2.36. The van der Waals surface area contributed by atoms with E-state index in [4.69, 9.17) is 9.47 Å². The smallest absolute Gasteiger partial charge is 0.249 e. The lowest BCUT2D eigenvalue weighted by Gasteiger charge is -2.23. The minimum absolute atomic E-state index is 0.0510. The number of carbonyl (C=O) groups excluding carboxylic acids is 1. The van der Waals surface area contributed by atoms with Crippen molar-refractivity contribution in [2.75, 3.05) is 20.3 Å². The molecule has 0 spiro atoms. The van der Waals surface area contributed by atoms with Crippen LogP contribution in [-0.2, 0) is 14.3 Å². The highest BCUT2D eigenvalue weighted by molar-refractivity contribution is 5.80. The molecule has 90 valence electrons. The predicted molar refractivity (Wildman–Crippen MR) is 59.7 cm³/mol. The fourth-order valence-corrected chi connectivity index (χ4v) is 1.05. The zero-order chi connectivity index (χ0) is 11.8. The number of methoxy groups -OCH3 is 1. The maximum Gasteiger partial charge on any atom is 0.249 e. The van der Waals surface area contributed by atoms with Gasteiger partial charge >= 0.3 is 0 Å². The van der Waals surface area contributed by atoms with Crippen LogP contribution in [0, 0.1) is 5.92 Å². The first-order valence-corrected chi connectivity index (χ1v) is 5.43. The van der Waals surface area contributed by atoms with Gasteiger partial charge in [-0.2, -0.15) is 0 Å². The van der Waals surface area contributed by atoms with Crippen LogP contribution in [0.4, 0.5) is 0 Å². The zero-order valence-corrected chi connectivity index (χ0v) is 10.4. The summed E-state index contributed by atoms with van der Waals surface area (Å²) in [4.78, 5) is 11.6. The van der Waals surface area contributed by atoms with Crippen LogP contribution in [0.1, 0.15) is 27.7 Å². The van der Waals surface area contributed by atoms with Crippen molar-refractivity contribution < 1.29 is 14.3 Å². The van der Waals surface area contributed by atoms with E-state index in [9.17, 15) is 4.79 Å². The molecule has 0 saturated heterocycles. The molecule has 0 aliphatic heterocycles. The van der Waals surface area contributed by atoms with Crippen LogP contribution in [0.15, 0.2) is 0 Å². The Balaban J connectivity index is 4.09. The van der Waals surface area contributed by atoms with Crippen molar-refractivity contribution in [1.29, 1.82) is 0 Å². The molecule has 0 bridgehead atoms. The number of nitrogens with one attached hydrogen (secondary N) is 1. The summed E-state index contributed by atoms with van der Waals surface area (Å²) in [5.41, 5.74) is 0. The van der Waals surface area contributed by atoms with Gasteiger partial charge in [0.25, 0.3) is 0 Å².